The summed E-state index contributed by atoms with van der Waals surface area (Å²) in [6, 6.07) is 0. The SMILES string of the molecule is C#CCCCCCCCCC(=O)CCCCCCC. The summed E-state index contributed by atoms with van der Waals surface area (Å²) < 4.78 is 0. The second-order valence-corrected chi connectivity index (χ2v) is 5.53. The minimum atomic E-state index is 0.476. The predicted octanol–water partition coefficient (Wildman–Crippen LogP) is 5.67. The molecule has 0 aliphatic rings. The van der Waals surface area contributed by atoms with Crippen LogP contribution in [0.1, 0.15) is 96.8 Å². The van der Waals surface area contributed by atoms with E-state index in [1.807, 2.05) is 0 Å². The Hall–Kier alpha value is -0.770. The van der Waals surface area contributed by atoms with Crippen LogP contribution in [0.4, 0.5) is 0 Å². The fourth-order valence-electron chi connectivity index (χ4n) is 2.31. The third-order valence-electron chi connectivity index (χ3n) is 3.59. The Morgan fingerprint density at radius 3 is 1.79 bits per heavy atom. The maximum atomic E-state index is 11.6. The van der Waals surface area contributed by atoms with Crippen LogP contribution in [0.3, 0.4) is 0 Å². The third kappa shape index (κ3) is 15.2. The molecule has 0 aromatic heterocycles. The van der Waals surface area contributed by atoms with Crippen LogP contribution >= 0.6 is 0 Å². The Morgan fingerprint density at radius 1 is 0.789 bits per heavy atom. The highest BCUT2D eigenvalue weighted by atomic mass is 16.1. The second kappa shape index (κ2) is 15.3. The zero-order chi connectivity index (χ0) is 14.2. The van der Waals surface area contributed by atoms with Gasteiger partial charge in [-0.1, -0.05) is 58.3 Å². The van der Waals surface area contributed by atoms with Crippen LogP contribution in [0.25, 0.3) is 0 Å². The van der Waals surface area contributed by atoms with Crippen LogP contribution < -0.4 is 0 Å². The van der Waals surface area contributed by atoms with Gasteiger partial charge in [0.25, 0.3) is 0 Å². The van der Waals surface area contributed by atoms with E-state index in [0.29, 0.717) is 5.78 Å². The minimum Gasteiger partial charge on any atom is -0.300 e. The van der Waals surface area contributed by atoms with Crippen molar-refractivity contribution in [1.82, 2.24) is 0 Å². The van der Waals surface area contributed by atoms with E-state index in [2.05, 4.69) is 12.8 Å². The first-order chi connectivity index (χ1) is 9.31. The molecule has 0 radical (unpaired) electrons. The van der Waals surface area contributed by atoms with Crippen molar-refractivity contribution >= 4 is 5.78 Å². The molecular weight excluding hydrogens is 232 g/mol. The monoisotopic (exact) mass is 264 g/mol. The number of terminal acetylenes is 1. The van der Waals surface area contributed by atoms with Crippen molar-refractivity contribution in [3.8, 4) is 12.3 Å². The lowest BCUT2D eigenvalue weighted by Gasteiger charge is -2.02. The number of rotatable bonds is 14. The molecule has 0 saturated carbocycles. The highest BCUT2D eigenvalue weighted by Crippen LogP contribution is 2.11. The fourth-order valence-corrected chi connectivity index (χ4v) is 2.31. The van der Waals surface area contributed by atoms with E-state index < -0.39 is 0 Å². The van der Waals surface area contributed by atoms with Crippen molar-refractivity contribution in [3.05, 3.63) is 0 Å². The fraction of sp³-hybridized carbons (Fsp3) is 0.833. The number of hydrogen-bond donors (Lipinski definition) is 0. The Morgan fingerprint density at radius 2 is 1.26 bits per heavy atom. The van der Waals surface area contributed by atoms with Crippen molar-refractivity contribution < 1.29 is 4.79 Å². The van der Waals surface area contributed by atoms with Crippen molar-refractivity contribution in [2.45, 2.75) is 96.8 Å². The Labute approximate surface area is 120 Å². The van der Waals surface area contributed by atoms with Gasteiger partial charge in [-0.3, -0.25) is 4.79 Å². The van der Waals surface area contributed by atoms with Gasteiger partial charge >= 0.3 is 0 Å². The Kier molecular flexibility index (Phi) is 14.7. The number of hydrogen-bond acceptors (Lipinski definition) is 1. The third-order valence-corrected chi connectivity index (χ3v) is 3.59. The quantitative estimate of drug-likeness (QED) is 0.292. The molecule has 110 valence electrons. The van der Waals surface area contributed by atoms with Gasteiger partial charge in [0.1, 0.15) is 5.78 Å². The first-order valence-corrected chi connectivity index (χ1v) is 8.26. The van der Waals surface area contributed by atoms with Gasteiger partial charge in [-0.05, 0) is 19.3 Å². The Bertz CT molecular complexity index is 237. The molecule has 0 unspecified atom stereocenters. The first-order valence-electron chi connectivity index (χ1n) is 8.26. The van der Waals surface area contributed by atoms with Gasteiger partial charge in [0.2, 0.25) is 0 Å². The summed E-state index contributed by atoms with van der Waals surface area (Å²) in [5.41, 5.74) is 0. The molecule has 0 atom stereocenters. The van der Waals surface area contributed by atoms with Gasteiger partial charge in [-0.2, -0.15) is 0 Å². The molecule has 0 aliphatic heterocycles. The predicted molar refractivity (Wildman–Crippen MR) is 84.2 cm³/mol. The van der Waals surface area contributed by atoms with E-state index in [9.17, 15) is 4.79 Å². The van der Waals surface area contributed by atoms with Crippen LogP contribution in [-0.2, 0) is 4.79 Å². The van der Waals surface area contributed by atoms with E-state index in [0.717, 1.165) is 38.5 Å². The average molecular weight is 264 g/mol. The lowest BCUT2D eigenvalue weighted by molar-refractivity contribution is -0.119. The topological polar surface area (TPSA) is 17.1 Å². The zero-order valence-electron chi connectivity index (χ0n) is 12.9. The first kappa shape index (κ1) is 18.2. The molecule has 0 bridgehead atoms. The summed E-state index contributed by atoms with van der Waals surface area (Å²) in [6.07, 6.45) is 21.2. The average Bonchev–Trinajstić information content (AvgIpc) is 2.41. The van der Waals surface area contributed by atoms with Gasteiger partial charge in [0, 0.05) is 19.3 Å². The van der Waals surface area contributed by atoms with Gasteiger partial charge in [-0.25, -0.2) is 0 Å². The van der Waals surface area contributed by atoms with Crippen molar-refractivity contribution in [2.24, 2.45) is 0 Å². The van der Waals surface area contributed by atoms with Crippen molar-refractivity contribution in [2.75, 3.05) is 0 Å². The van der Waals surface area contributed by atoms with Gasteiger partial charge in [0.15, 0.2) is 0 Å². The minimum absolute atomic E-state index is 0.476. The molecular formula is C18H32O. The molecule has 0 N–H and O–H groups in total. The van der Waals surface area contributed by atoms with E-state index >= 15 is 0 Å². The molecule has 19 heavy (non-hydrogen) atoms. The number of unbranched alkanes of at least 4 members (excludes halogenated alkanes) is 10. The smallest absolute Gasteiger partial charge is 0.132 e. The zero-order valence-corrected chi connectivity index (χ0v) is 12.9. The van der Waals surface area contributed by atoms with Gasteiger partial charge in [0.05, 0.1) is 0 Å². The number of carbonyl (C=O) groups excluding carboxylic acids is 1. The normalized spacial score (nSPS) is 10.3. The molecule has 1 heteroatoms. The lowest BCUT2D eigenvalue weighted by Crippen LogP contribution is -1.97. The highest BCUT2D eigenvalue weighted by Gasteiger charge is 2.01. The van der Waals surface area contributed by atoms with E-state index in [1.54, 1.807) is 0 Å². The maximum Gasteiger partial charge on any atom is 0.132 e. The molecule has 0 fully saturated rings. The van der Waals surface area contributed by atoms with Crippen LogP contribution in [-0.4, -0.2) is 5.78 Å². The largest absolute Gasteiger partial charge is 0.300 e. The number of ketones is 1. The van der Waals surface area contributed by atoms with Crippen LogP contribution in [0.2, 0.25) is 0 Å². The Balaban J connectivity index is 3.14. The molecule has 0 aromatic carbocycles. The number of Topliss-reactive ketones (excluding diaryl/α,β-unsaturated/α-hetero) is 1. The maximum absolute atomic E-state index is 11.6. The summed E-state index contributed by atoms with van der Waals surface area (Å²) in [5.74, 6) is 3.15. The van der Waals surface area contributed by atoms with E-state index in [1.165, 1.54) is 51.4 Å². The summed E-state index contributed by atoms with van der Waals surface area (Å²) in [6.45, 7) is 2.22. The van der Waals surface area contributed by atoms with Gasteiger partial charge < -0.3 is 0 Å². The molecule has 1 nitrogen and oxygen atoms in total. The molecule has 0 heterocycles. The highest BCUT2D eigenvalue weighted by molar-refractivity contribution is 5.78. The van der Waals surface area contributed by atoms with Crippen LogP contribution in [0.5, 0.6) is 0 Å². The summed E-state index contributed by atoms with van der Waals surface area (Å²) in [5, 5.41) is 0. The van der Waals surface area contributed by atoms with Crippen molar-refractivity contribution in [3.63, 3.8) is 0 Å². The molecule has 0 rings (SSSR count). The standard InChI is InChI=1S/C18H32O/c1-3-5-7-9-10-11-13-15-17-18(19)16-14-12-8-6-4-2/h1H,4-17H2,2H3. The van der Waals surface area contributed by atoms with Gasteiger partial charge in [-0.15, -0.1) is 12.3 Å². The lowest BCUT2D eigenvalue weighted by atomic mass is 10.0. The van der Waals surface area contributed by atoms with Crippen LogP contribution in [0, 0.1) is 12.3 Å². The van der Waals surface area contributed by atoms with Crippen LogP contribution in [0.15, 0.2) is 0 Å². The summed E-state index contributed by atoms with van der Waals surface area (Å²) in [7, 11) is 0. The molecule has 0 spiro atoms. The summed E-state index contributed by atoms with van der Waals surface area (Å²) >= 11 is 0. The molecule has 0 amide bonds. The molecule has 0 saturated heterocycles. The van der Waals surface area contributed by atoms with Crippen molar-refractivity contribution in [1.29, 1.82) is 0 Å². The molecule has 0 aromatic rings. The summed E-state index contributed by atoms with van der Waals surface area (Å²) in [4.78, 5) is 11.6. The van der Waals surface area contributed by atoms with E-state index in [-0.39, 0.29) is 0 Å². The van der Waals surface area contributed by atoms with E-state index in [4.69, 9.17) is 6.42 Å². The second-order valence-electron chi connectivity index (χ2n) is 5.53. The molecule has 0 aliphatic carbocycles. The number of carbonyl (C=O) groups is 1.